The molecule has 1 amide bonds. The Labute approximate surface area is 90.9 Å². The second-order valence-electron chi connectivity index (χ2n) is 3.71. The van der Waals surface area contributed by atoms with Crippen LogP contribution in [0.5, 0.6) is 0 Å². The molecule has 3 nitrogen and oxygen atoms in total. The molecule has 0 saturated heterocycles. The van der Waals surface area contributed by atoms with Gasteiger partial charge < -0.3 is 9.73 Å². The Kier molecular flexibility index (Phi) is 4.95. The summed E-state index contributed by atoms with van der Waals surface area (Å²) in [6, 6.07) is 1.71. The number of aryl methyl sites for hydroxylation is 1. The number of rotatable bonds is 6. The van der Waals surface area contributed by atoms with Crippen LogP contribution in [0.3, 0.4) is 0 Å². The van der Waals surface area contributed by atoms with Crippen LogP contribution in [-0.2, 0) is 0 Å². The van der Waals surface area contributed by atoms with Gasteiger partial charge in [0, 0.05) is 6.54 Å². The smallest absolute Gasteiger partial charge is 0.254 e. The lowest BCUT2D eigenvalue weighted by Gasteiger charge is -2.03. The molecule has 15 heavy (non-hydrogen) atoms. The van der Waals surface area contributed by atoms with E-state index in [4.69, 9.17) is 4.42 Å². The van der Waals surface area contributed by atoms with E-state index >= 15 is 0 Å². The minimum atomic E-state index is -0.0299. The molecule has 0 aliphatic rings. The molecule has 84 valence electrons. The molecule has 1 heterocycles. The van der Waals surface area contributed by atoms with Crippen molar-refractivity contribution in [2.24, 2.45) is 0 Å². The fourth-order valence-corrected chi connectivity index (χ4v) is 1.47. The summed E-state index contributed by atoms with van der Waals surface area (Å²) in [5, 5.41) is 2.89. The molecule has 0 saturated carbocycles. The van der Waals surface area contributed by atoms with Gasteiger partial charge in [-0.05, 0) is 19.4 Å². The van der Waals surface area contributed by atoms with Crippen molar-refractivity contribution in [3.8, 4) is 0 Å². The number of carbonyl (C=O) groups is 1. The number of nitrogens with one attached hydrogen (secondary N) is 1. The van der Waals surface area contributed by atoms with Gasteiger partial charge in [-0.3, -0.25) is 4.79 Å². The van der Waals surface area contributed by atoms with E-state index in [-0.39, 0.29) is 5.91 Å². The predicted molar refractivity (Wildman–Crippen MR) is 59.9 cm³/mol. The van der Waals surface area contributed by atoms with Gasteiger partial charge in [-0.2, -0.15) is 0 Å². The van der Waals surface area contributed by atoms with Gasteiger partial charge in [-0.25, -0.2) is 0 Å². The molecule has 0 aliphatic heterocycles. The fourth-order valence-electron chi connectivity index (χ4n) is 1.47. The SMILES string of the molecule is CCCCCCNC(=O)c1ccoc1C. The topological polar surface area (TPSA) is 42.2 Å². The maximum atomic E-state index is 11.6. The first-order chi connectivity index (χ1) is 7.25. The van der Waals surface area contributed by atoms with E-state index in [1.54, 1.807) is 19.3 Å². The highest BCUT2D eigenvalue weighted by atomic mass is 16.3. The molecule has 0 aliphatic carbocycles. The molecule has 3 heteroatoms. The highest BCUT2D eigenvalue weighted by Gasteiger charge is 2.09. The molecule has 1 aromatic heterocycles. The largest absolute Gasteiger partial charge is 0.469 e. The fraction of sp³-hybridized carbons (Fsp3) is 0.583. The predicted octanol–water partition coefficient (Wildman–Crippen LogP) is 2.90. The first-order valence-electron chi connectivity index (χ1n) is 5.58. The third-order valence-electron chi connectivity index (χ3n) is 2.42. The molecule has 1 aromatic rings. The van der Waals surface area contributed by atoms with Crippen LogP contribution in [0.25, 0.3) is 0 Å². The van der Waals surface area contributed by atoms with Gasteiger partial charge >= 0.3 is 0 Å². The van der Waals surface area contributed by atoms with E-state index in [9.17, 15) is 4.79 Å². The van der Waals surface area contributed by atoms with Gasteiger partial charge in [0.25, 0.3) is 5.91 Å². The van der Waals surface area contributed by atoms with E-state index in [0.717, 1.165) is 13.0 Å². The lowest BCUT2D eigenvalue weighted by atomic mass is 10.2. The van der Waals surface area contributed by atoms with Crippen molar-refractivity contribution in [2.75, 3.05) is 6.54 Å². The number of unbranched alkanes of at least 4 members (excludes halogenated alkanes) is 3. The Balaban J connectivity index is 2.22. The molecule has 0 fully saturated rings. The summed E-state index contributed by atoms with van der Waals surface area (Å²) in [6.07, 6.45) is 6.23. The van der Waals surface area contributed by atoms with Gasteiger partial charge in [0.15, 0.2) is 0 Å². The van der Waals surface area contributed by atoms with Crippen molar-refractivity contribution in [3.05, 3.63) is 23.7 Å². The summed E-state index contributed by atoms with van der Waals surface area (Å²) in [5.41, 5.74) is 0.644. The highest BCUT2D eigenvalue weighted by Crippen LogP contribution is 2.08. The lowest BCUT2D eigenvalue weighted by Crippen LogP contribution is -2.24. The van der Waals surface area contributed by atoms with Crippen molar-refractivity contribution >= 4 is 5.91 Å². The summed E-state index contributed by atoms with van der Waals surface area (Å²) >= 11 is 0. The summed E-state index contributed by atoms with van der Waals surface area (Å²) in [7, 11) is 0. The molecule has 1 N–H and O–H groups in total. The van der Waals surface area contributed by atoms with Crippen LogP contribution in [0.4, 0.5) is 0 Å². The minimum Gasteiger partial charge on any atom is -0.469 e. The van der Waals surface area contributed by atoms with Crippen molar-refractivity contribution in [3.63, 3.8) is 0 Å². The van der Waals surface area contributed by atoms with E-state index in [1.807, 2.05) is 0 Å². The average molecular weight is 209 g/mol. The van der Waals surface area contributed by atoms with Crippen LogP contribution in [0.15, 0.2) is 16.7 Å². The van der Waals surface area contributed by atoms with E-state index in [2.05, 4.69) is 12.2 Å². The van der Waals surface area contributed by atoms with Crippen LogP contribution in [0, 0.1) is 6.92 Å². The van der Waals surface area contributed by atoms with Crippen LogP contribution < -0.4 is 5.32 Å². The Morgan fingerprint density at radius 3 is 2.80 bits per heavy atom. The first-order valence-corrected chi connectivity index (χ1v) is 5.58. The van der Waals surface area contributed by atoms with Crippen molar-refractivity contribution in [2.45, 2.75) is 39.5 Å². The molecule has 0 bridgehead atoms. The molecule has 0 aromatic carbocycles. The quantitative estimate of drug-likeness (QED) is 0.732. The molecule has 0 unspecified atom stereocenters. The summed E-state index contributed by atoms with van der Waals surface area (Å²) in [6.45, 7) is 4.73. The van der Waals surface area contributed by atoms with Gasteiger partial charge in [0.1, 0.15) is 5.76 Å². The van der Waals surface area contributed by atoms with Gasteiger partial charge in [-0.1, -0.05) is 26.2 Å². The molecular formula is C12H19NO2. The normalized spacial score (nSPS) is 10.3. The average Bonchev–Trinajstić information content (AvgIpc) is 2.64. The van der Waals surface area contributed by atoms with Crippen LogP contribution in [0.2, 0.25) is 0 Å². The summed E-state index contributed by atoms with van der Waals surface area (Å²) in [4.78, 5) is 11.6. The van der Waals surface area contributed by atoms with Crippen molar-refractivity contribution in [1.29, 1.82) is 0 Å². The van der Waals surface area contributed by atoms with Crippen LogP contribution in [-0.4, -0.2) is 12.5 Å². The third kappa shape index (κ3) is 3.78. The molecule has 0 spiro atoms. The molecule has 0 atom stereocenters. The summed E-state index contributed by atoms with van der Waals surface area (Å²) < 4.78 is 5.07. The monoisotopic (exact) mass is 209 g/mol. The Morgan fingerprint density at radius 1 is 1.40 bits per heavy atom. The Bertz CT molecular complexity index is 304. The zero-order valence-corrected chi connectivity index (χ0v) is 9.51. The zero-order valence-electron chi connectivity index (χ0n) is 9.51. The van der Waals surface area contributed by atoms with Gasteiger partial charge in [0.2, 0.25) is 0 Å². The first kappa shape index (κ1) is 11.8. The molecule has 1 rings (SSSR count). The van der Waals surface area contributed by atoms with E-state index < -0.39 is 0 Å². The van der Waals surface area contributed by atoms with Crippen LogP contribution >= 0.6 is 0 Å². The van der Waals surface area contributed by atoms with Gasteiger partial charge in [0.05, 0.1) is 11.8 Å². The van der Waals surface area contributed by atoms with E-state index in [1.165, 1.54) is 19.3 Å². The Morgan fingerprint density at radius 2 is 2.20 bits per heavy atom. The Hall–Kier alpha value is -1.25. The van der Waals surface area contributed by atoms with E-state index in [0.29, 0.717) is 11.3 Å². The molecular weight excluding hydrogens is 190 g/mol. The number of carbonyl (C=O) groups excluding carboxylic acids is 1. The standard InChI is InChI=1S/C12H19NO2/c1-3-4-5-6-8-13-12(14)11-7-9-15-10(11)2/h7,9H,3-6,8H2,1-2H3,(H,13,14). The maximum absolute atomic E-state index is 11.6. The third-order valence-corrected chi connectivity index (χ3v) is 2.42. The number of amides is 1. The van der Waals surface area contributed by atoms with Crippen molar-refractivity contribution < 1.29 is 9.21 Å². The minimum absolute atomic E-state index is 0.0299. The maximum Gasteiger partial charge on any atom is 0.254 e. The second-order valence-corrected chi connectivity index (χ2v) is 3.71. The van der Waals surface area contributed by atoms with Gasteiger partial charge in [-0.15, -0.1) is 0 Å². The highest BCUT2D eigenvalue weighted by molar-refractivity contribution is 5.94. The molecule has 0 radical (unpaired) electrons. The zero-order chi connectivity index (χ0) is 11.1. The second kappa shape index (κ2) is 6.27. The van der Waals surface area contributed by atoms with Crippen LogP contribution in [0.1, 0.15) is 48.7 Å². The summed E-state index contributed by atoms with van der Waals surface area (Å²) in [5.74, 6) is 0.652. The number of hydrogen-bond donors (Lipinski definition) is 1. The van der Waals surface area contributed by atoms with Crippen molar-refractivity contribution in [1.82, 2.24) is 5.32 Å². The lowest BCUT2D eigenvalue weighted by molar-refractivity contribution is 0.0951. The number of hydrogen-bond acceptors (Lipinski definition) is 2. The number of furan rings is 1.